The number of aliphatic hydroxyl groups is 1. The summed E-state index contributed by atoms with van der Waals surface area (Å²) in [5.74, 6) is 0. The maximum absolute atomic E-state index is 11.0. The van der Waals surface area contributed by atoms with Crippen LogP contribution in [0.1, 0.15) is 117 Å². The molecular weight excluding hydrogens is 375 g/mol. The summed E-state index contributed by atoms with van der Waals surface area (Å²) >= 11 is 0. The van der Waals surface area contributed by atoms with Gasteiger partial charge in [-0.25, -0.2) is 8.42 Å². The van der Waals surface area contributed by atoms with Crippen molar-refractivity contribution in [3.05, 3.63) is 0 Å². The fourth-order valence-electron chi connectivity index (χ4n) is 3.32. The number of aliphatic hydroxyl groups excluding tert-OH is 1. The third-order valence-electron chi connectivity index (χ3n) is 5.07. The molecule has 0 bridgehead atoms. The molecule has 2 unspecified atom stereocenters. The Labute approximate surface area is 205 Å². The second-order valence-corrected chi connectivity index (χ2v) is 9.08. The second-order valence-electron chi connectivity index (χ2n) is 7.43. The number of unbranched alkanes of at least 4 members (excludes halogenated alkanes) is 10. The average molecular weight is 417 g/mol. The van der Waals surface area contributed by atoms with Crippen LogP contribution in [-0.4, -0.2) is 29.4 Å². The van der Waals surface area contributed by atoms with Gasteiger partial charge < -0.3 is 9.66 Å². The molecule has 0 heterocycles. The van der Waals surface area contributed by atoms with E-state index in [0.29, 0.717) is 25.7 Å². The van der Waals surface area contributed by atoms with Crippen molar-refractivity contribution in [3.63, 3.8) is 0 Å². The van der Waals surface area contributed by atoms with Gasteiger partial charge in [-0.05, 0) is 25.7 Å². The Bertz CT molecular complexity index is 387. The molecule has 26 heavy (non-hydrogen) atoms. The van der Waals surface area contributed by atoms with E-state index in [9.17, 15) is 18.1 Å². The van der Waals surface area contributed by atoms with E-state index in [1.807, 2.05) is 0 Å². The number of hydrogen-bond acceptors (Lipinski definition) is 4. The molecule has 4 nitrogen and oxygen atoms in total. The largest absolute Gasteiger partial charge is 1.00 e. The fourth-order valence-corrected chi connectivity index (χ4v) is 4.18. The molecular formula is C20H41KO4S. The van der Waals surface area contributed by atoms with Crippen LogP contribution in [0.3, 0.4) is 0 Å². The van der Waals surface area contributed by atoms with Crippen molar-refractivity contribution in [1.82, 2.24) is 0 Å². The quantitative estimate of drug-likeness (QED) is 0.212. The Morgan fingerprint density at radius 3 is 1.54 bits per heavy atom. The van der Waals surface area contributed by atoms with Crippen LogP contribution in [0.2, 0.25) is 0 Å². The summed E-state index contributed by atoms with van der Waals surface area (Å²) < 4.78 is 33.0. The normalized spacial score (nSPS) is 14.0. The molecule has 6 heteroatoms. The first-order chi connectivity index (χ1) is 11.9. The average Bonchev–Trinajstić information content (AvgIpc) is 2.55. The molecule has 0 aromatic rings. The molecule has 0 saturated carbocycles. The zero-order valence-corrected chi connectivity index (χ0v) is 21.5. The summed E-state index contributed by atoms with van der Waals surface area (Å²) in [5.41, 5.74) is 0. The van der Waals surface area contributed by atoms with Gasteiger partial charge in [-0.15, -0.1) is 0 Å². The molecule has 0 fully saturated rings. The van der Waals surface area contributed by atoms with Crippen LogP contribution in [0.25, 0.3) is 0 Å². The van der Waals surface area contributed by atoms with Gasteiger partial charge in [0.1, 0.15) is 0 Å². The smallest absolute Gasteiger partial charge is 0.748 e. The first-order valence-electron chi connectivity index (χ1n) is 10.5. The van der Waals surface area contributed by atoms with Gasteiger partial charge in [-0.3, -0.25) is 0 Å². The molecule has 1 N–H and O–H groups in total. The molecule has 0 aliphatic rings. The van der Waals surface area contributed by atoms with Crippen molar-refractivity contribution in [1.29, 1.82) is 0 Å². The fraction of sp³-hybridized carbons (Fsp3) is 1.00. The van der Waals surface area contributed by atoms with E-state index in [2.05, 4.69) is 6.92 Å². The molecule has 2 atom stereocenters. The predicted molar refractivity (Wildman–Crippen MR) is 105 cm³/mol. The van der Waals surface area contributed by atoms with E-state index >= 15 is 0 Å². The maximum Gasteiger partial charge on any atom is 1.00 e. The Hall–Kier alpha value is 1.51. The molecule has 0 amide bonds. The van der Waals surface area contributed by atoms with Crippen molar-refractivity contribution < 1.29 is 69.5 Å². The Morgan fingerprint density at radius 1 is 0.731 bits per heavy atom. The van der Waals surface area contributed by atoms with E-state index in [1.165, 1.54) is 57.8 Å². The van der Waals surface area contributed by atoms with Crippen LogP contribution < -0.4 is 51.4 Å². The van der Waals surface area contributed by atoms with E-state index in [4.69, 9.17) is 0 Å². The van der Waals surface area contributed by atoms with Gasteiger partial charge in [-0.2, -0.15) is 0 Å². The van der Waals surface area contributed by atoms with Gasteiger partial charge in [0.25, 0.3) is 0 Å². The zero-order chi connectivity index (χ0) is 19.0. The number of rotatable bonds is 18. The first-order valence-corrected chi connectivity index (χ1v) is 12.0. The predicted octanol–water partition coefficient (Wildman–Crippen LogP) is 2.55. The van der Waals surface area contributed by atoms with Gasteiger partial charge in [0.05, 0.1) is 16.2 Å². The SMILES string of the molecule is CCCCCCCCCCCCC(O)CCCCC(CC)S(=O)(=O)[O-].[K+]. The van der Waals surface area contributed by atoms with Crippen LogP contribution in [-0.2, 0) is 10.1 Å². The maximum atomic E-state index is 11.0. The Balaban J connectivity index is 0. The second kappa shape index (κ2) is 19.8. The van der Waals surface area contributed by atoms with Gasteiger partial charge in [0, 0.05) is 5.25 Å². The minimum atomic E-state index is -4.16. The molecule has 0 aliphatic carbocycles. The molecule has 152 valence electrons. The number of hydrogen-bond donors (Lipinski definition) is 1. The van der Waals surface area contributed by atoms with Gasteiger partial charge in [-0.1, -0.05) is 90.9 Å². The van der Waals surface area contributed by atoms with Crippen molar-refractivity contribution in [2.24, 2.45) is 0 Å². The molecule has 0 radical (unpaired) electrons. The molecule has 0 rings (SSSR count). The summed E-state index contributed by atoms with van der Waals surface area (Å²) in [6.07, 6.45) is 16.5. The summed E-state index contributed by atoms with van der Waals surface area (Å²) in [6, 6.07) is 0. The van der Waals surface area contributed by atoms with E-state index in [1.54, 1.807) is 6.92 Å². The summed E-state index contributed by atoms with van der Waals surface area (Å²) in [4.78, 5) is 0. The first kappa shape index (κ1) is 29.7. The molecule has 0 aromatic carbocycles. The van der Waals surface area contributed by atoms with Crippen LogP contribution in [0.5, 0.6) is 0 Å². The molecule has 0 saturated heterocycles. The molecule has 0 aliphatic heterocycles. The molecule has 0 spiro atoms. The van der Waals surface area contributed by atoms with E-state index < -0.39 is 15.4 Å². The Morgan fingerprint density at radius 2 is 1.12 bits per heavy atom. The van der Waals surface area contributed by atoms with Gasteiger partial charge in [0.15, 0.2) is 0 Å². The van der Waals surface area contributed by atoms with Crippen LogP contribution in [0, 0.1) is 0 Å². The zero-order valence-electron chi connectivity index (χ0n) is 17.5. The third-order valence-corrected chi connectivity index (χ3v) is 6.45. The third kappa shape index (κ3) is 18.9. The van der Waals surface area contributed by atoms with Crippen LogP contribution >= 0.6 is 0 Å². The monoisotopic (exact) mass is 416 g/mol. The van der Waals surface area contributed by atoms with Crippen molar-refractivity contribution in [3.8, 4) is 0 Å². The summed E-state index contributed by atoms with van der Waals surface area (Å²) in [5, 5.41) is 9.22. The van der Waals surface area contributed by atoms with Crippen molar-refractivity contribution in [2.75, 3.05) is 0 Å². The minimum Gasteiger partial charge on any atom is -0.748 e. The van der Waals surface area contributed by atoms with Crippen LogP contribution in [0.4, 0.5) is 0 Å². The van der Waals surface area contributed by atoms with Gasteiger partial charge >= 0.3 is 51.4 Å². The Kier molecular flexibility index (Phi) is 22.6. The van der Waals surface area contributed by atoms with Crippen molar-refractivity contribution in [2.45, 2.75) is 128 Å². The summed E-state index contributed by atoms with van der Waals surface area (Å²) in [6.45, 7) is 3.98. The van der Waals surface area contributed by atoms with Crippen molar-refractivity contribution >= 4 is 10.1 Å². The standard InChI is InChI=1S/C20H42O4S.K/c1-3-5-6-7-8-9-10-11-12-13-16-19(21)17-14-15-18-20(4-2)25(22,23)24;/h19-21H,3-18H2,1-2H3,(H,22,23,24);/q;+1/p-1. The van der Waals surface area contributed by atoms with E-state index in [-0.39, 0.29) is 57.5 Å². The van der Waals surface area contributed by atoms with E-state index in [0.717, 1.165) is 19.3 Å². The van der Waals surface area contributed by atoms with Crippen LogP contribution in [0.15, 0.2) is 0 Å². The van der Waals surface area contributed by atoms with Gasteiger partial charge in [0.2, 0.25) is 0 Å². The summed E-state index contributed by atoms with van der Waals surface area (Å²) in [7, 11) is -4.16. The topological polar surface area (TPSA) is 77.4 Å². The minimum absolute atomic E-state index is 0. The molecule has 0 aromatic heterocycles.